The van der Waals surface area contributed by atoms with Gasteiger partial charge in [-0.2, -0.15) is 0 Å². The quantitative estimate of drug-likeness (QED) is 0.763. The molecule has 19 heavy (non-hydrogen) atoms. The van der Waals surface area contributed by atoms with Crippen LogP contribution in [0.1, 0.15) is 64.7 Å². The molecule has 0 aromatic carbocycles. The minimum atomic E-state index is 0.480. The topological polar surface area (TPSA) is 29.3 Å². The van der Waals surface area contributed by atoms with Gasteiger partial charge in [-0.3, -0.25) is 4.90 Å². The third-order valence-corrected chi connectivity index (χ3v) is 5.57. The molecule has 0 amide bonds. The lowest BCUT2D eigenvalue weighted by atomic mass is 9.76. The monoisotopic (exact) mass is 264 g/mol. The predicted octanol–water partition coefficient (Wildman–Crippen LogP) is 3.40. The van der Waals surface area contributed by atoms with Gasteiger partial charge in [0.05, 0.1) is 0 Å². The Balaban J connectivity index is 1.52. The minimum absolute atomic E-state index is 0.480. The van der Waals surface area contributed by atoms with Gasteiger partial charge in [-0.1, -0.05) is 19.8 Å². The predicted molar refractivity (Wildman–Crippen MR) is 81.0 cm³/mol. The smallest absolute Gasteiger partial charge is 0.00966 e. The van der Waals surface area contributed by atoms with Gasteiger partial charge in [0.1, 0.15) is 0 Å². The molecule has 2 nitrogen and oxygen atoms in total. The molecule has 0 aromatic rings. The summed E-state index contributed by atoms with van der Waals surface area (Å²) in [5, 5.41) is 0. The average Bonchev–Trinajstić information content (AvgIpc) is 3.26. The van der Waals surface area contributed by atoms with Crippen molar-refractivity contribution in [1.29, 1.82) is 0 Å². The third-order valence-electron chi connectivity index (χ3n) is 5.57. The second-order valence-corrected chi connectivity index (χ2v) is 7.52. The van der Waals surface area contributed by atoms with Crippen LogP contribution in [0, 0.1) is 17.8 Å². The van der Waals surface area contributed by atoms with Crippen LogP contribution >= 0.6 is 0 Å². The maximum Gasteiger partial charge on any atom is 0.00966 e. The van der Waals surface area contributed by atoms with Crippen molar-refractivity contribution < 1.29 is 0 Å². The molecular weight excluding hydrogens is 232 g/mol. The summed E-state index contributed by atoms with van der Waals surface area (Å²) >= 11 is 0. The first-order chi connectivity index (χ1) is 9.26. The van der Waals surface area contributed by atoms with Gasteiger partial charge < -0.3 is 5.73 Å². The molecule has 0 heterocycles. The molecule has 0 spiro atoms. The minimum Gasteiger partial charge on any atom is -0.327 e. The summed E-state index contributed by atoms with van der Waals surface area (Å²) < 4.78 is 0. The van der Waals surface area contributed by atoms with Gasteiger partial charge in [0, 0.05) is 25.2 Å². The van der Waals surface area contributed by atoms with Crippen molar-refractivity contribution >= 4 is 0 Å². The Kier molecular flexibility index (Phi) is 4.48. The fraction of sp³-hybridized carbons (Fsp3) is 1.00. The molecule has 3 rings (SSSR count). The maximum atomic E-state index is 6.43. The highest BCUT2D eigenvalue weighted by molar-refractivity contribution is 4.92. The summed E-state index contributed by atoms with van der Waals surface area (Å²) in [5.74, 6) is 2.79. The molecule has 2 heteroatoms. The molecule has 0 saturated heterocycles. The Bertz CT molecular complexity index is 283. The number of nitrogens with two attached hydrogens (primary N) is 1. The van der Waals surface area contributed by atoms with Crippen LogP contribution in [-0.2, 0) is 0 Å². The highest BCUT2D eigenvalue weighted by Gasteiger charge is 2.37. The van der Waals surface area contributed by atoms with Gasteiger partial charge in [0.25, 0.3) is 0 Å². The zero-order valence-electron chi connectivity index (χ0n) is 12.7. The molecule has 3 aliphatic carbocycles. The number of hydrogen-bond donors (Lipinski definition) is 1. The summed E-state index contributed by atoms with van der Waals surface area (Å²) in [4.78, 5) is 2.82. The van der Waals surface area contributed by atoms with E-state index in [1.807, 2.05) is 0 Å². The molecule has 3 saturated carbocycles. The SMILES string of the molecule is CCCC1CCC(N)C(CN(CC2CC2)C2CC2)C1. The van der Waals surface area contributed by atoms with Gasteiger partial charge >= 0.3 is 0 Å². The lowest BCUT2D eigenvalue weighted by Crippen LogP contribution is -2.44. The third kappa shape index (κ3) is 3.95. The van der Waals surface area contributed by atoms with Crippen molar-refractivity contribution in [2.24, 2.45) is 23.5 Å². The Morgan fingerprint density at radius 1 is 0.947 bits per heavy atom. The average molecular weight is 264 g/mol. The molecule has 3 fully saturated rings. The van der Waals surface area contributed by atoms with E-state index in [0.717, 1.165) is 23.8 Å². The number of rotatable bonds is 7. The first-order valence-electron chi connectivity index (χ1n) is 8.76. The summed E-state index contributed by atoms with van der Waals surface area (Å²) in [6.45, 7) is 5.02. The van der Waals surface area contributed by atoms with Crippen LogP contribution in [0.5, 0.6) is 0 Å². The van der Waals surface area contributed by atoms with Crippen LogP contribution in [-0.4, -0.2) is 30.1 Å². The van der Waals surface area contributed by atoms with Crippen molar-refractivity contribution in [3.05, 3.63) is 0 Å². The number of hydrogen-bond acceptors (Lipinski definition) is 2. The van der Waals surface area contributed by atoms with Crippen molar-refractivity contribution in [3.8, 4) is 0 Å². The second kappa shape index (κ2) is 6.13. The summed E-state index contributed by atoms with van der Waals surface area (Å²) in [6.07, 6.45) is 12.7. The highest BCUT2D eigenvalue weighted by atomic mass is 15.2. The first kappa shape index (κ1) is 13.9. The second-order valence-electron chi connectivity index (χ2n) is 7.52. The van der Waals surface area contributed by atoms with Gasteiger partial charge in [-0.05, 0) is 62.7 Å². The van der Waals surface area contributed by atoms with Crippen LogP contribution in [0.15, 0.2) is 0 Å². The lowest BCUT2D eigenvalue weighted by Gasteiger charge is -2.37. The summed E-state index contributed by atoms with van der Waals surface area (Å²) in [7, 11) is 0. The van der Waals surface area contributed by atoms with Crippen molar-refractivity contribution in [1.82, 2.24) is 4.90 Å². The summed E-state index contributed by atoms with van der Waals surface area (Å²) in [6, 6.07) is 1.41. The van der Waals surface area contributed by atoms with E-state index >= 15 is 0 Å². The lowest BCUT2D eigenvalue weighted by molar-refractivity contribution is 0.143. The largest absolute Gasteiger partial charge is 0.327 e. The summed E-state index contributed by atoms with van der Waals surface area (Å²) in [5.41, 5.74) is 6.43. The van der Waals surface area contributed by atoms with Gasteiger partial charge in [-0.15, -0.1) is 0 Å². The molecule has 3 aliphatic rings. The van der Waals surface area contributed by atoms with E-state index in [1.165, 1.54) is 70.9 Å². The van der Waals surface area contributed by atoms with Crippen LogP contribution in [0.3, 0.4) is 0 Å². The molecule has 0 aliphatic heterocycles. The van der Waals surface area contributed by atoms with Crippen molar-refractivity contribution in [3.63, 3.8) is 0 Å². The van der Waals surface area contributed by atoms with Gasteiger partial charge in [0.2, 0.25) is 0 Å². The van der Waals surface area contributed by atoms with Gasteiger partial charge in [-0.25, -0.2) is 0 Å². The molecule has 0 aromatic heterocycles. The highest BCUT2D eigenvalue weighted by Crippen LogP contribution is 2.38. The van der Waals surface area contributed by atoms with Crippen molar-refractivity contribution in [2.75, 3.05) is 13.1 Å². The van der Waals surface area contributed by atoms with Crippen LogP contribution in [0.2, 0.25) is 0 Å². The zero-order valence-corrected chi connectivity index (χ0v) is 12.7. The van der Waals surface area contributed by atoms with Crippen LogP contribution in [0.25, 0.3) is 0 Å². The Hall–Kier alpha value is -0.0800. The Morgan fingerprint density at radius 3 is 2.32 bits per heavy atom. The van der Waals surface area contributed by atoms with E-state index in [9.17, 15) is 0 Å². The van der Waals surface area contributed by atoms with Crippen LogP contribution in [0.4, 0.5) is 0 Å². The van der Waals surface area contributed by atoms with E-state index < -0.39 is 0 Å². The first-order valence-corrected chi connectivity index (χ1v) is 8.76. The van der Waals surface area contributed by atoms with Crippen molar-refractivity contribution in [2.45, 2.75) is 76.8 Å². The fourth-order valence-corrected chi connectivity index (χ4v) is 4.01. The number of nitrogens with zero attached hydrogens (tertiary/aromatic N) is 1. The maximum absolute atomic E-state index is 6.43. The fourth-order valence-electron chi connectivity index (χ4n) is 4.01. The Morgan fingerprint density at radius 2 is 1.68 bits per heavy atom. The molecule has 0 radical (unpaired) electrons. The Labute approximate surface area is 119 Å². The molecule has 110 valence electrons. The van der Waals surface area contributed by atoms with E-state index in [2.05, 4.69) is 11.8 Å². The normalized spacial score (nSPS) is 35.8. The molecule has 3 unspecified atom stereocenters. The molecule has 0 bridgehead atoms. The zero-order chi connectivity index (χ0) is 13.2. The van der Waals surface area contributed by atoms with E-state index in [0.29, 0.717) is 6.04 Å². The van der Waals surface area contributed by atoms with E-state index in [1.54, 1.807) is 0 Å². The van der Waals surface area contributed by atoms with E-state index in [-0.39, 0.29) is 0 Å². The molecule has 3 atom stereocenters. The van der Waals surface area contributed by atoms with E-state index in [4.69, 9.17) is 5.73 Å². The molecular formula is C17H32N2. The van der Waals surface area contributed by atoms with Gasteiger partial charge in [0.15, 0.2) is 0 Å². The van der Waals surface area contributed by atoms with Crippen LogP contribution < -0.4 is 5.73 Å². The standard InChI is InChI=1S/C17H32N2/c1-2-3-13-6-9-17(18)15(10-13)12-19(16-7-8-16)11-14-4-5-14/h13-17H,2-12,18H2,1H3. The molecule has 2 N–H and O–H groups in total.